The lowest BCUT2D eigenvalue weighted by atomic mass is 9.71. The highest BCUT2D eigenvalue weighted by Crippen LogP contribution is 2.66. The molecule has 60 heavy (non-hydrogen) atoms. The second kappa shape index (κ2) is 14.9. The van der Waals surface area contributed by atoms with Gasteiger partial charge in [-0.05, 0) is 112 Å². The van der Waals surface area contributed by atoms with Crippen molar-refractivity contribution in [3.05, 3.63) is 143 Å². The number of hydrogen-bond acceptors (Lipinski definition) is 6. The van der Waals surface area contributed by atoms with Crippen molar-refractivity contribution < 1.29 is 30.7 Å². The normalized spacial score (nSPS) is 18.4. The van der Waals surface area contributed by atoms with E-state index in [9.17, 15) is 0 Å². The summed E-state index contributed by atoms with van der Waals surface area (Å²) in [6.45, 7) is -0.149. The molecule has 0 radical (unpaired) electrons. The fraction of sp³-hybridized carbons (Fsp3) is 0.149. The van der Waals surface area contributed by atoms with E-state index in [4.69, 9.17) is 0 Å². The Hall–Kier alpha value is -4.95. The molecule has 1 aliphatic rings. The first-order valence-electron chi connectivity index (χ1n) is 18.5. The van der Waals surface area contributed by atoms with Crippen LogP contribution in [0.1, 0.15) is 18.1 Å². The van der Waals surface area contributed by atoms with Crippen molar-refractivity contribution in [3.63, 3.8) is 0 Å². The maximum Gasteiger partial charge on any atom is 0.353 e. The van der Waals surface area contributed by atoms with Crippen LogP contribution in [-0.2, 0) is 0 Å². The minimum atomic E-state index is -5.77. The highest BCUT2D eigenvalue weighted by Gasteiger charge is 2.82. The molecule has 2 nitrogen and oxygen atoms in total. The average Bonchev–Trinajstić information content (AvgIpc) is 3.95. The van der Waals surface area contributed by atoms with E-state index in [1.165, 1.54) is 41.0 Å². The van der Waals surface area contributed by atoms with Crippen molar-refractivity contribution in [2.24, 2.45) is 0 Å². The summed E-state index contributed by atoms with van der Waals surface area (Å²) in [6, 6.07) is 32.6. The fourth-order valence-electron chi connectivity index (χ4n) is 7.67. The molecule has 0 amide bonds. The van der Waals surface area contributed by atoms with Gasteiger partial charge in [0.25, 0.3) is 0 Å². The molecule has 4 aromatic carbocycles. The van der Waals surface area contributed by atoms with E-state index in [1.807, 2.05) is 97.4 Å². The van der Waals surface area contributed by atoms with E-state index in [0.717, 1.165) is 70.5 Å². The third-order valence-corrected chi connectivity index (χ3v) is 14.6. The summed E-state index contributed by atoms with van der Waals surface area (Å²) in [5, 5.41) is 6.15. The van der Waals surface area contributed by atoms with Crippen molar-refractivity contribution in [2.75, 3.05) is 12.5 Å². The molecule has 0 spiro atoms. The summed E-state index contributed by atoms with van der Waals surface area (Å²) >= 11 is 4.86. The van der Waals surface area contributed by atoms with Crippen LogP contribution < -0.4 is 0 Å². The van der Waals surface area contributed by atoms with Crippen molar-refractivity contribution in [3.8, 4) is 43.4 Å². The molecule has 1 unspecified atom stereocenters. The number of hydrogen-bond donors (Lipinski definition) is 0. The second-order valence-corrected chi connectivity index (χ2v) is 18.1. The zero-order valence-electron chi connectivity index (χ0n) is 31.9. The van der Waals surface area contributed by atoms with Gasteiger partial charge in [-0.1, -0.05) is 60.7 Å². The molecule has 1 atom stereocenters. The summed E-state index contributed by atoms with van der Waals surface area (Å²) in [4.78, 5) is 11.8. The average molecular weight is 885 g/mol. The number of aromatic nitrogens is 2. The number of thiophene rings is 2. The Balaban J connectivity index is 1.17. The predicted molar refractivity (Wildman–Crippen MR) is 236 cm³/mol. The molecule has 13 heteroatoms. The summed E-state index contributed by atoms with van der Waals surface area (Å²) in [6.07, 6.45) is 7.31. The van der Waals surface area contributed by atoms with Crippen LogP contribution in [0, 0.1) is 0 Å². The first kappa shape index (κ1) is 40.5. The van der Waals surface area contributed by atoms with Gasteiger partial charge in [-0.25, -0.2) is 4.39 Å². The Kier molecular flexibility index (Phi) is 10.0. The van der Waals surface area contributed by atoms with Crippen LogP contribution in [0.5, 0.6) is 0 Å². The number of halogens is 7. The predicted octanol–water partition coefficient (Wildman–Crippen LogP) is 15.6. The molecule has 0 fully saturated rings. The van der Waals surface area contributed by atoms with Gasteiger partial charge in [0.15, 0.2) is 0 Å². The number of thioether (sulfide) groups is 2. The SMILES string of the molecule is CSc1ccc(-c2cc(C3=C(c4csc(-c5ccc(SC)c(-c6cc7ccccc7cn6)c5)c4)C(F)(F)C(F)(F)C(C)(F)C3(F)F)cs2)cc1-c1cc2ccccc2cn1. The number of pyridine rings is 2. The molecule has 0 aliphatic heterocycles. The standard InChI is InChI=1S/C47H31F7N2S4/c1-44(48)45(49,50)42(32-20-40(59-24-32)28-12-14-38(57-2)34(16-28)36-18-26-8-4-6-10-30(26)22-55-36)43(46(51,52)47(44,53)54)33-21-41(60-25-33)29-13-15-39(58-3)35(17-29)37-19-27-9-5-7-11-31(27)23-56-37/h4-25H,1-3H3. The molecule has 4 heterocycles. The maximum atomic E-state index is 16.5. The number of allylic oxidation sites excluding steroid dienone is 2. The number of fused-ring (bicyclic) bond motifs is 2. The lowest BCUT2D eigenvalue weighted by Gasteiger charge is -2.46. The van der Waals surface area contributed by atoms with Crippen LogP contribution in [0.4, 0.5) is 30.7 Å². The van der Waals surface area contributed by atoms with Gasteiger partial charge in [-0.2, -0.15) is 26.3 Å². The number of benzene rings is 4. The van der Waals surface area contributed by atoms with E-state index in [-0.39, 0.29) is 6.92 Å². The topological polar surface area (TPSA) is 25.8 Å². The Bertz CT molecular complexity index is 2800. The monoisotopic (exact) mass is 884 g/mol. The maximum absolute atomic E-state index is 16.5. The van der Waals surface area contributed by atoms with Gasteiger partial charge >= 0.3 is 17.8 Å². The van der Waals surface area contributed by atoms with Crippen molar-refractivity contribution in [2.45, 2.75) is 40.2 Å². The second-order valence-electron chi connectivity index (χ2n) is 14.5. The summed E-state index contributed by atoms with van der Waals surface area (Å²) in [5.41, 5.74) is -5.17. The fourth-order valence-corrected chi connectivity index (χ4v) is 10.6. The Morgan fingerprint density at radius 1 is 0.483 bits per heavy atom. The first-order valence-corrected chi connectivity index (χ1v) is 22.7. The zero-order chi connectivity index (χ0) is 42.2. The van der Waals surface area contributed by atoms with E-state index in [1.54, 1.807) is 24.5 Å². The van der Waals surface area contributed by atoms with Gasteiger partial charge in [0, 0.05) is 65.0 Å². The van der Waals surface area contributed by atoms with Crippen molar-refractivity contribution in [1.29, 1.82) is 0 Å². The van der Waals surface area contributed by atoms with Crippen LogP contribution in [0.15, 0.2) is 142 Å². The third kappa shape index (κ3) is 6.38. The molecule has 1 aliphatic carbocycles. The van der Waals surface area contributed by atoms with Gasteiger partial charge in [-0.3, -0.25) is 9.97 Å². The zero-order valence-corrected chi connectivity index (χ0v) is 35.1. The molecule has 0 N–H and O–H groups in total. The van der Waals surface area contributed by atoms with Gasteiger partial charge in [0.2, 0.25) is 5.67 Å². The highest BCUT2D eigenvalue weighted by atomic mass is 32.2. The van der Waals surface area contributed by atoms with Crippen LogP contribution in [0.3, 0.4) is 0 Å². The largest absolute Gasteiger partial charge is 0.353 e. The number of alkyl halides is 7. The number of nitrogens with zero attached hydrogens (tertiary/aromatic N) is 2. The highest BCUT2D eigenvalue weighted by molar-refractivity contribution is 7.99. The van der Waals surface area contributed by atoms with E-state index in [2.05, 4.69) is 9.97 Å². The lowest BCUT2D eigenvalue weighted by molar-refractivity contribution is -0.291. The van der Waals surface area contributed by atoms with Crippen LogP contribution in [0.2, 0.25) is 0 Å². The molecule has 0 saturated carbocycles. The van der Waals surface area contributed by atoms with Gasteiger partial charge in [-0.15, -0.1) is 46.2 Å². The van der Waals surface area contributed by atoms with Crippen LogP contribution in [0.25, 0.3) is 76.1 Å². The van der Waals surface area contributed by atoms with Gasteiger partial charge in [0.05, 0.1) is 11.4 Å². The van der Waals surface area contributed by atoms with E-state index < -0.39 is 45.7 Å². The quantitative estimate of drug-likeness (QED) is 0.112. The molecule has 9 rings (SSSR count). The van der Waals surface area contributed by atoms with Crippen LogP contribution in [-0.4, -0.2) is 45.9 Å². The molecule has 0 bridgehead atoms. The Morgan fingerprint density at radius 3 is 1.33 bits per heavy atom. The summed E-state index contributed by atoms with van der Waals surface area (Å²) in [5.74, 6) is -16.1. The van der Waals surface area contributed by atoms with Crippen molar-refractivity contribution >= 4 is 78.9 Å². The van der Waals surface area contributed by atoms with E-state index in [0.29, 0.717) is 32.3 Å². The molecule has 0 saturated heterocycles. The third-order valence-electron chi connectivity index (χ3n) is 11.0. The summed E-state index contributed by atoms with van der Waals surface area (Å²) < 4.78 is 113. The minimum Gasteiger partial charge on any atom is -0.256 e. The van der Waals surface area contributed by atoms with Gasteiger partial charge < -0.3 is 0 Å². The Labute approximate surface area is 357 Å². The molecule has 8 aromatic rings. The molecular weight excluding hydrogens is 854 g/mol. The summed E-state index contributed by atoms with van der Waals surface area (Å²) in [7, 11) is 0. The van der Waals surface area contributed by atoms with E-state index >= 15 is 30.7 Å². The molecule has 4 aromatic heterocycles. The van der Waals surface area contributed by atoms with Crippen molar-refractivity contribution in [1.82, 2.24) is 9.97 Å². The number of rotatable bonds is 8. The smallest absolute Gasteiger partial charge is 0.256 e. The van der Waals surface area contributed by atoms with Gasteiger partial charge in [0.1, 0.15) is 0 Å². The lowest BCUT2D eigenvalue weighted by Crippen LogP contribution is -2.66. The first-order chi connectivity index (χ1) is 28.7. The molecule has 302 valence electrons. The van der Waals surface area contributed by atoms with Crippen LogP contribution >= 0.6 is 46.2 Å². The molecular formula is C47H31F7N2S4. The Morgan fingerprint density at radius 2 is 0.900 bits per heavy atom. The minimum absolute atomic E-state index is 0.149.